The second kappa shape index (κ2) is 71.1. The fourth-order valence-electron chi connectivity index (χ4n) is 9.79. The molecule has 0 aliphatic carbocycles. The average molecular weight is 1710 g/mol. The molecule has 0 saturated carbocycles. The van der Waals surface area contributed by atoms with Gasteiger partial charge in [0.15, 0.2) is 0 Å². The van der Waals surface area contributed by atoms with E-state index in [0.29, 0.717) is 77.0 Å². The summed E-state index contributed by atoms with van der Waals surface area (Å²) in [5, 5.41) is 0. The number of benzene rings is 12. The van der Waals surface area contributed by atoms with Crippen LogP contribution in [0, 0.1) is 0 Å². The fourth-order valence-corrected chi connectivity index (χ4v) is 9.79. The SMILES string of the molecule is COC(=O)Cc1ccccc1.COC(=O)Cc1ccccc1.COC(=O)Cc1ccccc1.COC(=O)Cc1ccccc1.COC(=O)Cc1ccccc1.COC(=O)Cc1ccccc1.NC(=O)Cc1ccccc1.NC(=O)Cc1ccccc1.NC(=O)Cc1ccccc1.NC(=O)Cc1ccccc1.NC(=O)Cc1ccccc1.NC(=O)Cc1ccccc1. The summed E-state index contributed by atoms with van der Waals surface area (Å²) in [6.07, 6.45) is 4.16. The molecule has 24 nitrogen and oxygen atoms in total. The maximum atomic E-state index is 10.8. The predicted octanol–water partition coefficient (Wildman–Crippen LogP) is 12.7. The molecule has 0 atom stereocenters. The molecule has 126 heavy (non-hydrogen) atoms. The maximum absolute atomic E-state index is 10.8. The molecule has 0 aromatic heterocycles. The Morgan fingerprint density at radius 3 is 0.278 bits per heavy atom. The summed E-state index contributed by atoms with van der Waals surface area (Å²) in [6, 6.07) is 114. The normalized spacial score (nSPS) is 9.19. The monoisotopic (exact) mass is 1710 g/mol. The fraction of sp³-hybridized carbons (Fsp3) is 0.176. The van der Waals surface area contributed by atoms with Gasteiger partial charge in [-0.25, -0.2) is 0 Å². The predicted molar refractivity (Wildman–Crippen MR) is 489 cm³/mol. The number of primary amides is 6. The standard InChI is InChI=1S/6C9H10O2.6C8H9NO/c6*1-11-9(10)7-8-5-3-2-4-6-8;6*9-8(10)6-7-4-2-1-3-5-7/h6*2-6H,7H2,1H3;6*1-5H,6H2,(H2,9,10). The highest BCUT2D eigenvalue weighted by atomic mass is 16.5. The van der Waals surface area contributed by atoms with Crippen LogP contribution in [-0.4, -0.2) is 114 Å². The van der Waals surface area contributed by atoms with Crippen molar-refractivity contribution in [3.05, 3.63) is 431 Å². The lowest BCUT2D eigenvalue weighted by atomic mass is 10.1. The number of ether oxygens (including phenoxy) is 6. The van der Waals surface area contributed by atoms with Crippen LogP contribution < -0.4 is 34.4 Å². The van der Waals surface area contributed by atoms with Crippen molar-refractivity contribution in [3.63, 3.8) is 0 Å². The van der Waals surface area contributed by atoms with Crippen LogP contribution in [0.1, 0.15) is 66.8 Å². The molecule has 660 valence electrons. The molecule has 0 saturated heterocycles. The summed E-state index contributed by atoms with van der Waals surface area (Å²) in [7, 11) is 8.36. The van der Waals surface area contributed by atoms with E-state index in [1.54, 1.807) is 0 Å². The topological polar surface area (TPSA) is 416 Å². The summed E-state index contributed by atoms with van der Waals surface area (Å²) in [6.45, 7) is 0. The lowest BCUT2D eigenvalue weighted by Crippen LogP contribution is -2.13. The molecular formula is C102H114N6O18. The Morgan fingerprint density at radius 1 is 0.143 bits per heavy atom. The van der Waals surface area contributed by atoms with Crippen LogP contribution in [0.4, 0.5) is 0 Å². The minimum atomic E-state index is -0.286. The van der Waals surface area contributed by atoms with Crippen LogP contribution in [-0.2, 0) is 163 Å². The highest BCUT2D eigenvalue weighted by Crippen LogP contribution is 2.08. The van der Waals surface area contributed by atoms with E-state index >= 15 is 0 Å². The molecule has 0 heterocycles. The highest BCUT2D eigenvalue weighted by Gasteiger charge is 2.06. The van der Waals surface area contributed by atoms with E-state index < -0.39 is 0 Å². The Kier molecular flexibility index (Phi) is 61.1. The minimum absolute atomic E-state index is 0.198. The summed E-state index contributed by atoms with van der Waals surface area (Å²) in [5.74, 6) is -2.90. The zero-order valence-electron chi connectivity index (χ0n) is 71.9. The Balaban J connectivity index is 0.000000687. The molecule has 6 amide bonds. The Labute approximate surface area is 738 Å². The summed E-state index contributed by atoms with van der Waals surface area (Å²) in [5.41, 5.74) is 41.6. The van der Waals surface area contributed by atoms with E-state index in [4.69, 9.17) is 34.4 Å². The van der Waals surface area contributed by atoms with E-state index in [2.05, 4.69) is 28.4 Å². The zero-order chi connectivity index (χ0) is 93.0. The summed E-state index contributed by atoms with van der Waals surface area (Å²) >= 11 is 0. The van der Waals surface area contributed by atoms with Gasteiger partial charge in [-0.15, -0.1) is 0 Å². The molecular weight excluding hydrogens is 1600 g/mol. The smallest absolute Gasteiger partial charge is 0.309 e. The largest absolute Gasteiger partial charge is 0.469 e. The molecule has 0 aliphatic rings. The van der Waals surface area contributed by atoms with Crippen LogP contribution >= 0.6 is 0 Å². The molecule has 0 spiro atoms. The van der Waals surface area contributed by atoms with Gasteiger partial charge in [0, 0.05) is 0 Å². The van der Waals surface area contributed by atoms with Gasteiger partial charge in [-0.2, -0.15) is 0 Å². The third kappa shape index (κ3) is 63.3. The van der Waals surface area contributed by atoms with E-state index in [1.165, 1.54) is 42.7 Å². The first kappa shape index (κ1) is 108. The van der Waals surface area contributed by atoms with Crippen LogP contribution in [0.25, 0.3) is 0 Å². The first-order valence-corrected chi connectivity index (χ1v) is 39.3. The number of carbonyl (C=O) groups excluding carboxylic acids is 12. The molecule has 24 heteroatoms. The summed E-state index contributed by atoms with van der Waals surface area (Å²) in [4.78, 5) is 127. The van der Waals surface area contributed by atoms with Crippen molar-refractivity contribution < 1.29 is 86.0 Å². The molecule has 12 aromatic rings. The Bertz CT molecular complexity index is 4130. The number of carbonyl (C=O) groups is 12. The third-order valence-corrected chi connectivity index (χ3v) is 15.8. The highest BCUT2D eigenvalue weighted by molar-refractivity contribution is 5.80. The molecule has 0 bridgehead atoms. The molecule has 12 N–H and O–H groups in total. The number of esters is 6. The summed E-state index contributed by atoms with van der Waals surface area (Å²) < 4.78 is 27.1. The van der Waals surface area contributed by atoms with Crippen molar-refractivity contribution in [1.29, 1.82) is 0 Å². The minimum Gasteiger partial charge on any atom is -0.469 e. The molecule has 0 radical (unpaired) electrons. The van der Waals surface area contributed by atoms with E-state index in [1.807, 2.05) is 364 Å². The van der Waals surface area contributed by atoms with Gasteiger partial charge in [-0.1, -0.05) is 364 Å². The Hall–Kier alpha value is -15.7. The van der Waals surface area contributed by atoms with Crippen molar-refractivity contribution in [2.75, 3.05) is 42.7 Å². The van der Waals surface area contributed by atoms with Gasteiger partial charge in [-0.3, -0.25) is 57.5 Å². The van der Waals surface area contributed by atoms with Crippen LogP contribution in [0.5, 0.6) is 0 Å². The van der Waals surface area contributed by atoms with Crippen LogP contribution in [0.15, 0.2) is 364 Å². The number of rotatable bonds is 24. The van der Waals surface area contributed by atoms with Crippen LogP contribution in [0.2, 0.25) is 0 Å². The van der Waals surface area contributed by atoms with E-state index in [0.717, 1.165) is 66.8 Å². The number of methoxy groups -OCH3 is 6. The second-order valence-corrected chi connectivity index (χ2v) is 26.2. The van der Waals surface area contributed by atoms with Gasteiger partial charge in [0.25, 0.3) is 0 Å². The average Bonchev–Trinajstić information content (AvgIpc) is 0.938. The van der Waals surface area contributed by atoms with Crippen LogP contribution in [0.3, 0.4) is 0 Å². The quantitative estimate of drug-likeness (QED) is 0.0242. The Morgan fingerprint density at radius 2 is 0.214 bits per heavy atom. The second-order valence-electron chi connectivity index (χ2n) is 26.2. The van der Waals surface area contributed by atoms with Crippen molar-refractivity contribution >= 4 is 71.3 Å². The number of amides is 6. The van der Waals surface area contributed by atoms with Crippen molar-refractivity contribution in [2.45, 2.75) is 77.0 Å². The third-order valence-electron chi connectivity index (χ3n) is 15.8. The first-order valence-electron chi connectivity index (χ1n) is 39.3. The molecule has 12 rings (SSSR count). The lowest BCUT2D eigenvalue weighted by molar-refractivity contribution is -0.140. The molecule has 0 fully saturated rings. The zero-order valence-corrected chi connectivity index (χ0v) is 71.9. The first-order chi connectivity index (χ1) is 60.7. The van der Waals surface area contributed by atoms with Crippen molar-refractivity contribution in [1.82, 2.24) is 0 Å². The lowest BCUT2D eigenvalue weighted by Gasteiger charge is -1.97. The van der Waals surface area contributed by atoms with Gasteiger partial charge in [0.1, 0.15) is 0 Å². The molecule has 12 aromatic carbocycles. The van der Waals surface area contributed by atoms with Gasteiger partial charge in [0.2, 0.25) is 35.4 Å². The van der Waals surface area contributed by atoms with E-state index in [-0.39, 0.29) is 71.3 Å². The van der Waals surface area contributed by atoms with Gasteiger partial charge >= 0.3 is 35.8 Å². The van der Waals surface area contributed by atoms with E-state index in [9.17, 15) is 57.5 Å². The van der Waals surface area contributed by atoms with Crippen molar-refractivity contribution in [2.24, 2.45) is 34.4 Å². The van der Waals surface area contributed by atoms with Gasteiger partial charge in [-0.05, 0) is 66.8 Å². The number of nitrogens with two attached hydrogens (primary N) is 6. The maximum Gasteiger partial charge on any atom is 0.309 e. The van der Waals surface area contributed by atoms with Gasteiger partial charge in [0.05, 0.1) is 120 Å². The number of hydrogen-bond donors (Lipinski definition) is 6. The number of hydrogen-bond acceptors (Lipinski definition) is 18. The molecule has 0 unspecified atom stereocenters. The van der Waals surface area contributed by atoms with Crippen molar-refractivity contribution in [3.8, 4) is 0 Å². The molecule has 0 aliphatic heterocycles. The van der Waals surface area contributed by atoms with Gasteiger partial charge < -0.3 is 62.8 Å².